The fraction of sp³-hybridized carbons (Fsp3) is 0.250. The van der Waals surface area contributed by atoms with Crippen LogP contribution in [-0.4, -0.2) is 18.4 Å². The van der Waals surface area contributed by atoms with Crippen LogP contribution in [0, 0.1) is 18.3 Å². The Labute approximate surface area is 163 Å². The van der Waals surface area contributed by atoms with Gasteiger partial charge in [0.1, 0.15) is 6.07 Å². The maximum absolute atomic E-state index is 12.2. The Hall–Kier alpha value is -3.04. The molecule has 0 aliphatic rings. The number of halogens is 1. The predicted molar refractivity (Wildman–Crippen MR) is 108 cm³/mol. The quantitative estimate of drug-likeness (QED) is 0.663. The largest absolute Gasteiger partial charge is 0.376 e. The van der Waals surface area contributed by atoms with E-state index in [1.807, 2.05) is 38.1 Å². The number of carbonyl (C=O) groups excluding carboxylic acids is 2. The monoisotopic (exact) mass is 384 g/mol. The Morgan fingerprint density at radius 1 is 1.11 bits per heavy atom. The summed E-state index contributed by atoms with van der Waals surface area (Å²) >= 11 is 5.96. The van der Waals surface area contributed by atoms with Gasteiger partial charge in [-0.15, -0.1) is 0 Å². The summed E-state index contributed by atoms with van der Waals surface area (Å²) < 4.78 is 0. The van der Waals surface area contributed by atoms with E-state index in [-0.39, 0.29) is 23.4 Å². The first kappa shape index (κ1) is 20.3. The van der Waals surface area contributed by atoms with E-state index in [4.69, 9.17) is 16.9 Å². The standard InChI is InChI=1S/C20H21ClN4O2/c1-3-5-19(26)25-18-7-4-6-17(13(18)2)23-12-20(27)24-15-9-8-14(11-22)16(21)10-15/h4,6-10,23H,3,5,12H2,1-2H3,(H,24,27)(H,25,26). The van der Waals surface area contributed by atoms with E-state index in [9.17, 15) is 9.59 Å². The molecule has 0 fully saturated rings. The van der Waals surface area contributed by atoms with E-state index in [0.29, 0.717) is 17.7 Å². The molecule has 0 saturated heterocycles. The molecule has 2 aromatic rings. The average Bonchev–Trinajstić information content (AvgIpc) is 2.63. The van der Waals surface area contributed by atoms with Crippen molar-refractivity contribution in [2.24, 2.45) is 0 Å². The highest BCUT2D eigenvalue weighted by Gasteiger charge is 2.09. The van der Waals surface area contributed by atoms with Crippen molar-refractivity contribution in [3.63, 3.8) is 0 Å². The molecule has 0 unspecified atom stereocenters. The van der Waals surface area contributed by atoms with Crippen molar-refractivity contribution in [3.8, 4) is 6.07 Å². The van der Waals surface area contributed by atoms with Crippen LogP contribution < -0.4 is 16.0 Å². The zero-order valence-electron chi connectivity index (χ0n) is 15.2. The van der Waals surface area contributed by atoms with Crippen LogP contribution in [0.4, 0.5) is 17.1 Å². The van der Waals surface area contributed by atoms with Crippen molar-refractivity contribution < 1.29 is 9.59 Å². The minimum absolute atomic E-state index is 0.0341. The summed E-state index contributed by atoms with van der Waals surface area (Å²) in [6.45, 7) is 3.87. The third kappa shape index (κ3) is 5.73. The van der Waals surface area contributed by atoms with Gasteiger partial charge in [0.25, 0.3) is 0 Å². The van der Waals surface area contributed by atoms with Crippen LogP contribution in [0.3, 0.4) is 0 Å². The van der Waals surface area contributed by atoms with Crippen LogP contribution >= 0.6 is 11.6 Å². The van der Waals surface area contributed by atoms with Crippen LogP contribution in [0.1, 0.15) is 30.9 Å². The van der Waals surface area contributed by atoms with Crippen molar-refractivity contribution >= 4 is 40.5 Å². The van der Waals surface area contributed by atoms with Gasteiger partial charge in [0, 0.05) is 23.5 Å². The minimum atomic E-state index is -0.254. The fourth-order valence-corrected chi connectivity index (χ4v) is 2.69. The Bertz CT molecular complexity index is 890. The van der Waals surface area contributed by atoms with E-state index in [1.54, 1.807) is 12.1 Å². The number of nitrogens with zero attached hydrogens (tertiary/aromatic N) is 1. The predicted octanol–water partition coefficient (Wildman–Crippen LogP) is 4.31. The number of amides is 2. The van der Waals surface area contributed by atoms with Gasteiger partial charge in [-0.2, -0.15) is 5.26 Å². The lowest BCUT2D eigenvalue weighted by Gasteiger charge is -2.14. The average molecular weight is 385 g/mol. The van der Waals surface area contributed by atoms with Crippen molar-refractivity contribution in [2.75, 3.05) is 22.5 Å². The number of benzene rings is 2. The van der Waals surface area contributed by atoms with E-state index in [2.05, 4.69) is 16.0 Å². The van der Waals surface area contributed by atoms with Crippen molar-refractivity contribution in [3.05, 3.63) is 52.5 Å². The van der Waals surface area contributed by atoms with E-state index >= 15 is 0 Å². The second-order valence-corrected chi connectivity index (χ2v) is 6.39. The molecule has 7 heteroatoms. The lowest BCUT2D eigenvalue weighted by Crippen LogP contribution is -2.22. The molecule has 0 spiro atoms. The van der Waals surface area contributed by atoms with Gasteiger partial charge in [-0.1, -0.05) is 24.6 Å². The second-order valence-electron chi connectivity index (χ2n) is 5.98. The smallest absolute Gasteiger partial charge is 0.243 e. The molecule has 3 N–H and O–H groups in total. The number of nitrogens with one attached hydrogen (secondary N) is 3. The number of nitriles is 1. The summed E-state index contributed by atoms with van der Waals surface area (Å²) in [5, 5.41) is 17.8. The van der Waals surface area contributed by atoms with Crippen LogP contribution in [0.5, 0.6) is 0 Å². The number of carbonyl (C=O) groups is 2. The van der Waals surface area contributed by atoms with Crippen LogP contribution in [-0.2, 0) is 9.59 Å². The molecule has 6 nitrogen and oxygen atoms in total. The summed E-state index contributed by atoms with van der Waals surface area (Å²) in [6, 6.07) is 12.2. The van der Waals surface area contributed by atoms with Crippen LogP contribution in [0.25, 0.3) is 0 Å². The summed E-state index contributed by atoms with van der Waals surface area (Å²) in [5.74, 6) is -0.288. The van der Waals surface area contributed by atoms with Crippen molar-refractivity contribution in [1.82, 2.24) is 0 Å². The molecule has 2 aromatic carbocycles. The molecule has 0 aliphatic heterocycles. The Kier molecular flexibility index (Phi) is 7.21. The molecule has 0 aromatic heterocycles. The van der Waals surface area contributed by atoms with E-state index in [1.165, 1.54) is 6.07 Å². The summed E-state index contributed by atoms with van der Waals surface area (Å²) in [7, 11) is 0. The van der Waals surface area contributed by atoms with Crippen molar-refractivity contribution in [2.45, 2.75) is 26.7 Å². The third-order valence-electron chi connectivity index (χ3n) is 3.90. The summed E-state index contributed by atoms with van der Waals surface area (Å²) in [5.41, 5.74) is 3.21. The van der Waals surface area contributed by atoms with Gasteiger partial charge in [0.2, 0.25) is 11.8 Å². The lowest BCUT2D eigenvalue weighted by molar-refractivity contribution is -0.116. The summed E-state index contributed by atoms with van der Waals surface area (Å²) in [6.07, 6.45) is 1.25. The Balaban J connectivity index is 1.98. The zero-order chi connectivity index (χ0) is 19.8. The maximum Gasteiger partial charge on any atom is 0.243 e. The molecule has 0 aliphatic carbocycles. The fourth-order valence-electron chi connectivity index (χ4n) is 2.47. The normalized spacial score (nSPS) is 10.0. The van der Waals surface area contributed by atoms with Gasteiger partial charge >= 0.3 is 0 Å². The van der Waals surface area contributed by atoms with Crippen LogP contribution in [0.2, 0.25) is 5.02 Å². The third-order valence-corrected chi connectivity index (χ3v) is 4.21. The number of rotatable bonds is 7. The van der Waals surface area contributed by atoms with E-state index in [0.717, 1.165) is 23.4 Å². The first-order valence-corrected chi connectivity index (χ1v) is 8.95. The van der Waals surface area contributed by atoms with Gasteiger partial charge in [-0.25, -0.2) is 0 Å². The highest BCUT2D eigenvalue weighted by molar-refractivity contribution is 6.32. The molecule has 0 atom stereocenters. The Morgan fingerprint density at radius 2 is 1.85 bits per heavy atom. The molecule has 0 bridgehead atoms. The molecule has 27 heavy (non-hydrogen) atoms. The topological polar surface area (TPSA) is 94.0 Å². The summed E-state index contributed by atoms with van der Waals surface area (Å²) in [4.78, 5) is 24.0. The van der Waals surface area contributed by atoms with Crippen molar-refractivity contribution in [1.29, 1.82) is 5.26 Å². The number of hydrogen-bond donors (Lipinski definition) is 3. The van der Waals surface area contributed by atoms with Gasteiger partial charge in [0.15, 0.2) is 0 Å². The second kappa shape index (κ2) is 9.60. The molecule has 140 valence electrons. The Morgan fingerprint density at radius 3 is 2.52 bits per heavy atom. The molecule has 2 amide bonds. The number of hydrogen-bond acceptors (Lipinski definition) is 4. The first-order valence-electron chi connectivity index (χ1n) is 8.57. The van der Waals surface area contributed by atoms with Gasteiger partial charge in [-0.05, 0) is 49.2 Å². The van der Waals surface area contributed by atoms with E-state index < -0.39 is 0 Å². The minimum Gasteiger partial charge on any atom is -0.376 e. The number of anilines is 3. The van der Waals surface area contributed by atoms with Gasteiger partial charge < -0.3 is 16.0 Å². The molecule has 2 rings (SSSR count). The molecule has 0 saturated carbocycles. The van der Waals surface area contributed by atoms with Gasteiger partial charge in [-0.3, -0.25) is 9.59 Å². The molecular formula is C20H21ClN4O2. The molecular weight excluding hydrogens is 364 g/mol. The zero-order valence-corrected chi connectivity index (χ0v) is 16.0. The molecule has 0 heterocycles. The highest BCUT2D eigenvalue weighted by Crippen LogP contribution is 2.24. The first-order chi connectivity index (χ1) is 12.9. The van der Waals surface area contributed by atoms with Crippen LogP contribution in [0.15, 0.2) is 36.4 Å². The highest BCUT2D eigenvalue weighted by atomic mass is 35.5. The lowest BCUT2D eigenvalue weighted by atomic mass is 10.1. The molecule has 0 radical (unpaired) electrons. The van der Waals surface area contributed by atoms with Gasteiger partial charge in [0.05, 0.1) is 17.1 Å². The maximum atomic E-state index is 12.2. The SMILES string of the molecule is CCCC(=O)Nc1cccc(NCC(=O)Nc2ccc(C#N)c(Cl)c2)c1C.